The van der Waals surface area contributed by atoms with Crippen molar-refractivity contribution in [3.8, 4) is 11.5 Å². The molecule has 4 saturated heterocycles. The molecule has 0 saturated carbocycles. The number of amides is 5. The number of fused-ring (bicyclic) bond motifs is 5. The summed E-state index contributed by atoms with van der Waals surface area (Å²) in [6.45, 7) is 1.45. The van der Waals surface area contributed by atoms with Gasteiger partial charge < -0.3 is 129 Å². The van der Waals surface area contributed by atoms with E-state index in [9.17, 15) is 80.2 Å². The van der Waals surface area contributed by atoms with Crippen molar-refractivity contribution < 1.29 is 151 Å². The number of hydrogen-bond acceptors (Lipinski definition) is 29. The Morgan fingerprint density at radius 2 is 1.07 bits per heavy atom. The highest BCUT2D eigenvalue weighted by molar-refractivity contribution is 6.38. The number of hydrogen-bond donors (Lipinski definition) is 11. The molecule has 4 aliphatic rings. The molecule has 4 aliphatic heterocycles. The lowest BCUT2D eigenvalue weighted by molar-refractivity contribution is -0.240. The van der Waals surface area contributed by atoms with E-state index in [-0.39, 0.29) is 213 Å². The molecule has 5 amide bonds. The number of carbonyl (C=O) groups excluding carboxylic acids is 5. The van der Waals surface area contributed by atoms with Gasteiger partial charge in [-0.25, -0.2) is 9.37 Å². The Kier molecular flexibility index (Phi) is 34.7. The molecule has 12 N–H and O–H groups in total. The highest BCUT2D eigenvalue weighted by Gasteiger charge is 2.62. The van der Waals surface area contributed by atoms with Crippen LogP contribution in [0, 0.1) is 5.82 Å². The number of halogens is 7. The number of nitrogens with two attached hydrogens (primary N) is 1. The third-order valence-electron chi connectivity index (χ3n) is 16.0. The molecular formula is C64H88F7N9O25. The van der Waals surface area contributed by atoms with Gasteiger partial charge in [0, 0.05) is 43.8 Å². The normalized spacial score (nSPS) is 23.1. The first-order valence-electron chi connectivity index (χ1n) is 33.3. The summed E-state index contributed by atoms with van der Waals surface area (Å²) in [5, 5.41) is 67.5. The van der Waals surface area contributed by atoms with Crippen molar-refractivity contribution in [1.29, 1.82) is 0 Å². The minimum atomic E-state index is -5.22. The lowest BCUT2D eigenvalue weighted by Crippen LogP contribution is -2.67. The SMILES string of the molecule is NN=C(C=Nc1ccc(O)c(F)c1)c1ccc2cc(OCCCC(=O)NC(COCCC(=O)NCCOCCOCCOCCOC[C@@]34CO[C@@H](O3)[C@H](NC(=O)C(F)(F)F)[C@@H](O)[C@H]4O)COCCC(=O)NCCOCCOCCOCCOC[C@@]34CO[C@@H](O3)[C@H](NC(=O)C(F)(F)F)[C@@H](O)[C@H]4O)ccc2n1. The van der Waals surface area contributed by atoms with E-state index in [0.717, 1.165) is 11.5 Å². The molecule has 0 radical (unpaired) electrons. The van der Waals surface area contributed by atoms with Gasteiger partial charge in [-0.1, -0.05) is 6.07 Å². The molecule has 4 fully saturated rings. The topological polar surface area (TPSA) is 449 Å². The van der Waals surface area contributed by atoms with Gasteiger partial charge >= 0.3 is 24.2 Å². The number of aliphatic hydroxyl groups is 4. The van der Waals surface area contributed by atoms with E-state index in [2.05, 4.69) is 31.0 Å². The molecule has 105 heavy (non-hydrogen) atoms. The number of phenolic OH excluding ortho intramolecular Hbond substituents is 1. The first-order chi connectivity index (χ1) is 50.3. The van der Waals surface area contributed by atoms with Crippen molar-refractivity contribution in [3.63, 3.8) is 0 Å². The number of pyridine rings is 1. The molecule has 5 heterocycles. The molecule has 3 aromatic rings. The van der Waals surface area contributed by atoms with Crippen molar-refractivity contribution in [1.82, 2.24) is 31.6 Å². The average Bonchev–Trinajstić information content (AvgIpc) is 1.62. The number of phenols is 1. The van der Waals surface area contributed by atoms with Gasteiger partial charge in [-0.2, -0.15) is 31.4 Å². The van der Waals surface area contributed by atoms with E-state index in [1.807, 2.05) is 0 Å². The minimum Gasteiger partial charge on any atom is -0.505 e. The van der Waals surface area contributed by atoms with Crippen molar-refractivity contribution >= 4 is 58.1 Å². The van der Waals surface area contributed by atoms with Crippen molar-refractivity contribution in [2.24, 2.45) is 15.9 Å². The molecule has 0 spiro atoms. The number of rotatable bonds is 49. The van der Waals surface area contributed by atoms with Crippen LogP contribution in [-0.2, 0) is 90.3 Å². The number of aliphatic hydroxyl groups excluding tert-OH is 4. The van der Waals surface area contributed by atoms with Gasteiger partial charge in [-0.3, -0.25) is 29.0 Å². The van der Waals surface area contributed by atoms with E-state index < -0.39 is 102 Å². The number of aromatic hydroxyl groups is 1. The van der Waals surface area contributed by atoms with Gasteiger partial charge in [0.15, 0.2) is 24.1 Å². The minimum absolute atomic E-state index is 0.00855. The number of nitrogens with zero attached hydrogens (tertiary/aromatic N) is 3. The van der Waals surface area contributed by atoms with Gasteiger partial charge in [-0.15, -0.1) is 0 Å². The summed E-state index contributed by atoms with van der Waals surface area (Å²) in [4.78, 5) is 70.0. The number of carbonyl (C=O) groups is 5. The van der Waals surface area contributed by atoms with Crippen LogP contribution in [0.2, 0.25) is 0 Å². The summed E-state index contributed by atoms with van der Waals surface area (Å²) in [5.74, 6) is -0.865. The van der Waals surface area contributed by atoms with Crippen LogP contribution in [0.4, 0.5) is 36.4 Å². The highest BCUT2D eigenvalue weighted by atomic mass is 19.4. The Bertz CT molecular complexity index is 3170. The highest BCUT2D eigenvalue weighted by Crippen LogP contribution is 2.39. The molecule has 41 heteroatoms. The van der Waals surface area contributed by atoms with Gasteiger partial charge in [0.05, 0.1) is 181 Å². The zero-order chi connectivity index (χ0) is 75.8. The van der Waals surface area contributed by atoms with Gasteiger partial charge in [0.25, 0.3) is 0 Å². The predicted octanol–water partition coefficient (Wildman–Crippen LogP) is -1.24. The maximum atomic E-state index is 13.8. The van der Waals surface area contributed by atoms with Crippen LogP contribution in [0.1, 0.15) is 31.4 Å². The fourth-order valence-electron chi connectivity index (χ4n) is 10.5. The van der Waals surface area contributed by atoms with E-state index in [1.54, 1.807) is 41.0 Å². The van der Waals surface area contributed by atoms with Gasteiger partial charge in [0.2, 0.25) is 17.7 Å². The number of alkyl halides is 6. The fourth-order valence-corrected chi connectivity index (χ4v) is 10.5. The number of benzene rings is 2. The quantitative estimate of drug-likeness (QED) is 0.0103. The van der Waals surface area contributed by atoms with Crippen LogP contribution < -0.4 is 37.2 Å². The third kappa shape index (κ3) is 27.5. The van der Waals surface area contributed by atoms with Crippen molar-refractivity contribution in [2.75, 3.05) is 165 Å². The Morgan fingerprint density at radius 3 is 1.53 bits per heavy atom. The van der Waals surface area contributed by atoms with Gasteiger partial charge in [0.1, 0.15) is 59.2 Å². The van der Waals surface area contributed by atoms with E-state index in [0.29, 0.717) is 23.4 Å². The van der Waals surface area contributed by atoms with Crippen LogP contribution in [0.25, 0.3) is 10.9 Å². The predicted molar refractivity (Wildman–Crippen MR) is 346 cm³/mol. The molecule has 0 aliphatic carbocycles. The van der Waals surface area contributed by atoms with E-state index in [4.69, 9.17) is 76.9 Å². The van der Waals surface area contributed by atoms with Crippen LogP contribution in [0.5, 0.6) is 11.5 Å². The third-order valence-corrected chi connectivity index (χ3v) is 16.0. The van der Waals surface area contributed by atoms with Crippen LogP contribution >= 0.6 is 0 Å². The molecule has 7 rings (SSSR count). The largest absolute Gasteiger partial charge is 0.505 e. The van der Waals surface area contributed by atoms with E-state index in [1.165, 1.54) is 18.3 Å². The molecule has 4 bridgehead atoms. The lowest BCUT2D eigenvalue weighted by atomic mass is 9.88. The van der Waals surface area contributed by atoms with Gasteiger partial charge in [-0.05, 0) is 42.8 Å². The molecule has 10 atom stereocenters. The molecule has 2 aromatic carbocycles. The Morgan fingerprint density at radius 1 is 0.590 bits per heavy atom. The maximum absolute atomic E-state index is 13.8. The number of nitrogens with one attached hydrogen (secondary N) is 5. The lowest BCUT2D eigenvalue weighted by Gasteiger charge is -2.42. The van der Waals surface area contributed by atoms with Crippen LogP contribution in [0.3, 0.4) is 0 Å². The first-order valence-corrected chi connectivity index (χ1v) is 33.3. The van der Waals surface area contributed by atoms with E-state index >= 15 is 0 Å². The zero-order valence-electron chi connectivity index (χ0n) is 56.9. The number of hydrazone groups is 1. The van der Waals surface area contributed by atoms with Crippen molar-refractivity contribution in [2.45, 2.75) is 104 Å². The molecular weight excluding hydrogens is 1430 g/mol. The number of ether oxygens (including phenoxy) is 15. The summed E-state index contributed by atoms with van der Waals surface area (Å²) in [5.41, 5.74) is -1.74. The number of aromatic nitrogens is 1. The summed E-state index contributed by atoms with van der Waals surface area (Å²) < 4.78 is 173. The Labute approximate surface area is 596 Å². The second-order valence-corrected chi connectivity index (χ2v) is 23.9. The Hall–Kier alpha value is -7.27. The molecule has 34 nitrogen and oxygen atoms in total. The second-order valence-electron chi connectivity index (χ2n) is 23.9. The average molecular weight is 1520 g/mol. The zero-order valence-corrected chi connectivity index (χ0v) is 56.9. The van der Waals surface area contributed by atoms with Crippen molar-refractivity contribution in [3.05, 3.63) is 60.0 Å². The molecule has 588 valence electrons. The summed E-state index contributed by atoms with van der Waals surface area (Å²) in [7, 11) is 0. The first kappa shape index (κ1) is 85.0. The smallest absolute Gasteiger partial charge is 0.471 e. The maximum Gasteiger partial charge on any atom is 0.471 e. The second kappa shape index (κ2) is 42.9. The summed E-state index contributed by atoms with van der Waals surface area (Å²) >= 11 is 0. The van der Waals surface area contributed by atoms with Crippen LogP contribution in [-0.4, -0.2) is 316 Å². The monoisotopic (exact) mass is 1520 g/mol. The number of aliphatic imine (C=N–C) groups is 1. The Balaban J connectivity index is 0.720. The summed E-state index contributed by atoms with van der Waals surface area (Å²) in [6.07, 6.45) is -18.8. The fraction of sp³-hybridized carbons (Fsp3) is 0.656. The standard InChI is InChI=1S/C64H88F7N9O25/c65-43-31-40(4-8-47(43)81)75-32-46(80-72)45-6-3-39-30-42(5-7-44(39)77-45)101-13-1-2-50(84)76-41(33-97-14-9-48(82)73-11-16-91-18-20-93-22-24-95-26-28-99-35-61-37-102-57(104-61)51(53(85)55(61)87)78-59(89)63(66,67)68)34-98-15-10-49(83)74-12-17-92-19-21-94-23-25-96-27-29-100-36-62-38-103-58(105-62)52(54(86)56(62)88)79-60(90)64(69,70)71/h3-8,30-32,41,51-58,81,85-88H,1-2,9-29,33-38,72H2,(H,73,82)(H,74,83)(H,76,84)(H,78,89)(H,79,90)/t51-,52-,53-,54-,55-,56-,57+,58+,61+,62+/m1/s1. The summed E-state index contributed by atoms with van der Waals surface area (Å²) in [6, 6.07) is 8.28. The molecule has 1 aromatic heterocycles. The van der Waals surface area contributed by atoms with Crippen LogP contribution in [0.15, 0.2) is 58.6 Å². The molecule has 0 unspecified atom stereocenters.